The van der Waals surface area contributed by atoms with Gasteiger partial charge in [0.15, 0.2) is 0 Å². The van der Waals surface area contributed by atoms with Gasteiger partial charge in [-0.3, -0.25) is 4.79 Å². The predicted octanol–water partition coefficient (Wildman–Crippen LogP) is 2.58. The van der Waals surface area contributed by atoms with E-state index in [1.54, 1.807) is 6.20 Å². The first kappa shape index (κ1) is 9.65. The lowest BCUT2D eigenvalue weighted by atomic mass is 9.85. The van der Waals surface area contributed by atoms with Gasteiger partial charge in [-0.15, -0.1) is 0 Å². The Morgan fingerprint density at radius 3 is 2.93 bits per heavy atom. The number of halogens is 1. The molecule has 3 nitrogen and oxygen atoms in total. The normalized spacial score (nSPS) is 16.1. The number of nitrogens with zero attached hydrogens (tertiary/aromatic N) is 1. The van der Waals surface area contributed by atoms with Crippen LogP contribution in [0.4, 0.5) is 5.82 Å². The zero-order valence-corrected chi connectivity index (χ0v) is 9.25. The van der Waals surface area contributed by atoms with E-state index in [0.717, 1.165) is 17.3 Å². The highest BCUT2D eigenvalue weighted by atomic mass is 79.9. The molecule has 0 aromatic carbocycles. The first-order chi connectivity index (χ1) is 6.77. The second-order valence-corrected chi connectivity index (χ2v) is 4.31. The number of hydrogen-bond donors (Lipinski definition) is 1. The van der Waals surface area contributed by atoms with Gasteiger partial charge in [0.1, 0.15) is 5.82 Å². The van der Waals surface area contributed by atoms with Gasteiger partial charge in [0.2, 0.25) is 5.91 Å². The van der Waals surface area contributed by atoms with Gasteiger partial charge in [-0.2, -0.15) is 0 Å². The minimum absolute atomic E-state index is 0.0932. The van der Waals surface area contributed by atoms with Crippen molar-refractivity contribution in [2.75, 3.05) is 5.32 Å². The Bertz CT molecular complexity index is 350. The fourth-order valence-electron chi connectivity index (χ4n) is 1.37. The van der Waals surface area contributed by atoms with Crippen molar-refractivity contribution in [2.45, 2.75) is 19.3 Å². The van der Waals surface area contributed by atoms with E-state index < -0.39 is 0 Å². The van der Waals surface area contributed by atoms with E-state index >= 15 is 0 Å². The fourth-order valence-corrected chi connectivity index (χ4v) is 1.72. The summed E-state index contributed by atoms with van der Waals surface area (Å²) in [5, 5.41) is 2.82. The molecule has 74 valence electrons. The van der Waals surface area contributed by atoms with Crippen molar-refractivity contribution in [1.82, 2.24) is 4.98 Å². The molecule has 0 bridgehead atoms. The molecule has 0 aliphatic heterocycles. The fraction of sp³-hybridized carbons (Fsp3) is 0.400. The largest absolute Gasteiger partial charge is 0.310 e. The van der Waals surface area contributed by atoms with Crippen LogP contribution in [-0.4, -0.2) is 10.9 Å². The van der Waals surface area contributed by atoms with Crippen LogP contribution in [0.25, 0.3) is 0 Å². The van der Waals surface area contributed by atoms with Crippen molar-refractivity contribution < 1.29 is 4.79 Å². The standard InChI is InChI=1S/C10H11BrN2O/c11-8-5-2-6-12-9(8)13-10(14)7-3-1-4-7/h2,5-7H,1,3-4H2,(H,12,13,14). The summed E-state index contributed by atoms with van der Waals surface area (Å²) in [6.45, 7) is 0. The third-order valence-corrected chi connectivity index (χ3v) is 3.12. The highest BCUT2D eigenvalue weighted by Crippen LogP contribution is 2.28. The monoisotopic (exact) mass is 254 g/mol. The van der Waals surface area contributed by atoms with Gasteiger partial charge in [0.05, 0.1) is 4.47 Å². The summed E-state index contributed by atoms with van der Waals surface area (Å²) in [6, 6.07) is 3.69. The number of rotatable bonds is 2. The molecule has 14 heavy (non-hydrogen) atoms. The maximum absolute atomic E-state index is 11.6. The first-order valence-electron chi connectivity index (χ1n) is 4.69. The SMILES string of the molecule is O=C(Nc1ncccc1Br)C1CCC1. The Labute approximate surface area is 91.0 Å². The average molecular weight is 255 g/mol. The van der Waals surface area contributed by atoms with E-state index in [0.29, 0.717) is 5.82 Å². The number of carbonyl (C=O) groups excluding carboxylic acids is 1. The molecule has 1 heterocycles. The minimum atomic E-state index is 0.0932. The van der Waals surface area contributed by atoms with Crippen LogP contribution in [0.1, 0.15) is 19.3 Å². The Balaban J connectivity index is 2.03. The highest BCUT2D eigenvalue weighted by molar-refractivity contribution is 9.10. The van der Waals surface area contributed by atoms with Gasteiger partial charge >= 0.3 is 0 Å². The van der Waals surface area contributed by atoms with Crippen LogP contribution < -0.4 is 5.32 Å². The molecule has 1 aliphatic rings. The number of amides is 1. The first-order valence-corrected chi connectivity index (χ1v) is 5.48. The molecule has 1 aromatic rings. The van der Waals surface area contributed by atoms with Crippen LogP contribution in [0.2, 0.25) is 0 Å². The number of anilines is 1. The molecule has 0 radical (unpaired) electrons. The Hall–Kier alpha value is -0.900. The molecular weight excluding hydrogens is 244 g/mol. The summed E-state index contributed by atoms with van der Waals surface area (Å²) >= 11 is 3.34. The van der Waals surface area contributed by atoms with Crippen molar-refractivity contribution >= 4 is 27.7 Å². The zero-order valence-electron chi connectivity index (χ0n) is 7.66. The smallest absolute Gasteiger partial charge is 0.228 e. The second kappa shape index (κ2) is 4.09. The van der Waals surface area contributed by atoms with E-state index in [1.807, 2.05) is 12.1 Å². The lowest BCUT2D eigenvalue weighted by molar-refractivity contribution is -0.122. The van der Waals surface area contributed by atoms with Crippen LogP contribution in [0.3, 0.4) is 0 Å². The number of hydrogen-bond acceptors (Lipinski definition) is 2. The van der Waals surface area contributed by atoms with Crippen LogP contribution in [0.5, 0.6) is 0 Å². The number of pyridine rings is 1. The van der Waals surface area contributed by atoms with E-state index in [4.69, 9.17) is 0 Å². The van der Waals surface area contributed by atoms with Crippen molar-refractivity contribution in [3.63, 3.8) is 0 Å². The lowest BCUT2D eigenvalue weighted by Gasteiger charge is -2.23. The predicted molar refractivity (Wildman–Crippen MR) is 57.9 cm³/mol. The molecule has 4 heteroatoms. The average Bonchev–Trinajstić information content (AvgIpc) is 2.05. The molecule has 1 aliphatic carbocycles. The molecule has 1 amide bonds. The zero-order chi connectivity index (χ0) is 9.97. The van der Waals surface area contributed by atoms with Crippen molar-refractivity contribution in [2.24, 2.45) is 5.92 Å². The van der Waals surface area contributed by atoms with Crippen molar-refractivity contribution in [1.29, 1.82) is 0 Å². The lowest BCUT2D eigenvalue weighted by Crippen LogP contribution is -2.28. The van der Waals surface area contributed by atoms with Crippen LogP contribution in [0, 0.1) is 5.92 Å². The van der Waals surface area contributed by atoms with Crippen LogP contribution >= 0.6 is 15.9 Å². The maximum Gasteiger partial charge on any atom is 0.228 e. The van der Waals surface area contributed by atoms with Gasteiger partial charge in [0.25, 0.3) is 0 Å². The van der Waals surface area contributed by atoms with Crippen LogP contribution in [0.15, 0.2) is 22.8 Å². The van der Waals surface area contributed by atoms with Gasteiger partial charge in [-0.25, -0.2) is 4.98 Å². The quantitative estimate of drug-likeness (QED) is 0.882. The second-order valence-electron chi connectivity index (χ2n) is 3.45. The number of nitrogens with one attached hydrogen (secondary N) is 1. The van der Waals surface area contributed by atoms with Gasteiger partial charge in [0, 0.05) is 12.1 Å². The van der Waals surface area contributed by atoms with Gasteiger partial charge in [-0.05, 0) is 40.9 Å². The van der Waals surface area contributed by atoms with Crippen molar-refractivity contribution in [3.8, 4) is 0 Å². The maximum atomic E-state index is 11.6. The highest BCUT2D eigenvalue weighted by Gasteiger charge is 2.25. The molecule has 0 spiro atoms. The topological polar surface area (TPSA) is 42.0 Å². The molecule has 0 saturated heterocycles. The van der Waals surface area contributed by atoms with E-state index in [-0.39, 0.29) is 11.8 Å². The number of aromatic nitrogens is 1. The molecule has 1 aromatic heterocycles. The number of carbonyl (C=O) groups is 1. The molecule has 0 atom stereocenters. The Morgan fingerprint density at radius 2 is 2.36 bits per heavy atom. The van der Waals surface area contributed by atoms with Gasteiger partial charge < -0.3 is 5.32 Å². The third kappa shape index (κ3) is 1.95. The van der Waals surface area contributed by atoms with Crippen molar-refractivity contribution in [3.05, 3.63) is 22.8 Å². The Kier molecular flexibility index (Phi) is 2.82. The molecule has 2 rings (SSSR count). The minimum Gasteiger partial charge on any atom is -0.310 e. The molecule has 1 N–H and O–H groups in total. The van der Waals surface area contributed by atoms with E-state index in [9.17, 15) is 4.79 Å². The van der Waals surface area contributed by atoms with Crippen LogP contribution in [-0.2, 0) is 4.79 Å². The summed E-state index contributed by atoms with van der Waals surface area (Å²) in [6.07, 6.45) is 4.86. The van der Waals surface area contributed by atoms with E-state index in [2.05, 4.69) is 26.2 Å². The summed E-state index contributed by atoms with van der Waals surface area (Å²) in [5.41, 5.74) is 0. The molecular formula is C10H11BrN2O. The molecule has 1 saturated carbocycles. The Morgan fingerprint density at radius 1 is 1.57 bits per heavy atom. The van der Waals surface area contributed by atoms with E-state index in [1.165, 1.54) is 6.42 Å². The molecule has 0 unspecified atom stereocenters. The summed E-state index contributed by atoms with van der Waals surface area (Å²) in [5.74, 6) is 0.906. The molecule has 1 fully saturated rings. The summed E-state index contributed by atoms with van der Waals surface area (Å²) in [7, 11) is 0. The summed E-state index contributed by atoms with van der Waals surface area (Å²) in [4.78, 5) is 15.7. The van der Waals surface area contributed by atoms with Gasteiger partial charge in [-0.1, -0.05) is 6.42 Å². The summed E-state index contributed by atoms with van der Waals surface area (Å²) < 4.78 is 0.827. The third-order valence-electron chi connectivity index (χ3n) is 2.48.